The topological polar surface area (TPSA) is 0 Å². The van der Waals surface area contributed by atoms with Crippen LogP contribution in [0.5, 0.6) is 0 Å². The van der Waals surface area contributed by atoms with Gasteiger partial charge in [0.1, 0.15) is 0 Å². The molecule has 1 aliphatic rings. The highest BCUT2D eigenvalue weighted by molar-refractivity contribution is 9.08. The maximum atomic E-state index is 3.54. The van der Waals surface area contributed by atoms with Crippen molar-refractivity contribution >= 4 is 15.9 Å². The maximum Gasteiger partial charge on any atom is 0.0283 e. The minimum Gasteiger partial charge on any atom is -0.0876 e. The molecule has 0 heterocycles. The Balaban J connectivity index is 2.35. The van der Waals surface area contributed by atoms with E-state index >= 15 is 0 Å². The molecule has 0 saturated heterocycles. The van der Waals surface area contributed by atoms with Crippen molar-refractivity contribution in [1.82, 2.24) is 0 Å². The summed E-state index contributed by atoms with van der Waals surface area (Å²) >= 11 is 3.54. The second-order valence-corrected chi connectivity index (χ2v) is 5.13. The Hall–Kier alpha value is -0.300. The first-order chi connectivity index (χ1) is 6.70. The van der Waals surface area contributed by atoms with Gasteiger partial charge in [0.25, 0.3) is 0 Å². The normalized spacial score (nSPS) is 16.3. The fraction of sp³-hybridized carbons (Fsp3) is 0.538. The van der Waals surface area contributed by atoms with Crippen LogP contribution in [0.3, 0.4) is 0 Å². The second-order valence-electron chi connectivity index (χ2n) is 4.57. The van der Waals surface area contributed by atoms with Gasteiger partial charge < -0.3 is 0 Å². The molecule has 0 spiro atoms. The van der Waals surface area contributed by atoms with Crippen LogP contribution in [-0.4, -0.2) is 0 Å². The van der Waals surface area contributed by atoms with Gasteiger partial charge in [0.2, 0.25) is 0 Å². The lowest BCUT2D eigenvalue weighted by molar-refractivity contribution is 0.859. The molecule has 1 heteroatoms. The predicted molar refractivity (Wildman–Crippen MR) is 65.1 cm³/mol. The van der Waals surface area contributed by atoms with Gasteiger partial charge >= 0.3 is 0 Å². The van der Waals surface area contributed by atoms with Gasteiger partial charge in [0.15, 0.2) is 0 Å². The molecule has 1 saturated carbocycles. The van der Waals surface area contributed by atoms with E-state index in [1.54, 1.807) is 5.56 Å². The summed E-state index contributed by atoms with van der Waals surface area (Å²) in [6, 6.07) is 7.08. The van der Waals surface area contributed by atoms with E-state index in [1.807, 2.05) is 0 Å². The predicted octanol–water partition coefficient (Wildman–Crippen LogP) is 4.58. The Morgan fingerprint density at radius 3 is 2.50 bits per heavy atom. The van der Waals surface area contributed by atoms with Crippen LogP contribution in [0.2, 0.25) is 0 Å². The van der Waals surface area contributed by atoms with Gasteiger partial charge in [-0.25, -0.2) is 0 Å². The molecule has 0 amide bonds. The highest BCUT2D eigenvalue weighted by Crippen LogP contribution is 2.41. The molecule has 0 bridgehead atoms. The van der Waals surface area contributed by atoms with Crippen molar-refractivity contribution in [3.05, 3.63) is 34.9 Å². The molecule has 76 valence electrons. The first kappa shape index (κ1) is 10.2. The molecule has 1 aliphatic carbocycles. The SMILES string of the molecule is CC(C)c1cc(CBr)cc(C2CC2)c1. The Bertz CT molecular complexity index is 304. The molecular weight excluding hydrogens is 236 g/mol. The van der Waals surface area contributed by atoms with Gasteiger partial charge in [-0.1, -0.05) is 48.0 Å². The van der Waals surface area contributed by atoms with E-state index in [0.717, 1.165) is 11.2 Å². The van der Waals surface area contributed by atoms with Gasteiger partial charge in [-0.2, -0.15) is 0 Å². The van der Waals surface area contributed by atoms with Crippen LogP contribution in [-0.2, 0) is 5.33 Å². The van der Waals surface area contributed by atoms with Crippen LogP contribution >= 0.6 is 15.9 Å². The van der Waals surface area contributed by atoms with Crippen LogP contribution in [0.1, 0.15) is 55.2 Å². The molecule has 0 atom stereocenters. The summed E-state index contributed by atoms with van der Waals surface area (Å²) in [5.41, 5.74) is 4.48. The summed E-state index contributed by atoms with van der Waals surface area (Å²) in [5, 5.41) is 0.979. The quantitative estimate of drug-likeness (QED) is 0.691. The Labute approximate surface area is 94.8 Å². The number of rotatable bonds is 3. The molecule has 0 nitrogen and oxygen atoms in total. The van der Waals surface area contributed by atoms with E-state index in [9.17, 15) is 0 Å². The lowest BCUT2D eigenvalue weighted by Crippen LogP contribution is -1.92. The number of halogens is 1. The van der Waals surface area contributed by atoms with Gasteiger partial charge in [-0.3, -0.25) is 0 Å². The third-order valence-electron chi connectivity index (χ3n) is 2.91. The van der Waals surface area contributed by atoms with Crippen molar-refractivity contribution in [1.29, 1.82) is 0 Å². The van der Waals surface area contributed by atoms with Crippen molar-refractivity contribution in [2.45, 2.75) is 43.9 Å². The highest BCUT2D eigenvalue weighted by atomic mass is 79.9. The summed E-state index contributed by atoms with van der Waals surface area (Å²) < 4.78 is 0. The summed E-state index contributed by atoms with van der Waals surface area (Å²) in [6.45, 7) is 4.54. The van der Waals surface area contributed by atoms with E-state index in [1.165, 1.54) is 24.0 Å². The second kappa shape index (κ2) is 4.06. The van der Waals surface area contributed by atoms with Crippen LogP contribution in [0.4, 0.5) is 0 Å². The van der Waals surface area contributed by atoms with Crippen LogP contribution in [0.15, 0.2) is 18.2 Å². The third-order valence-corrected chi connectivity index (χ3v) is 3.55. The first-order valence-corrected chi connectivity index (χ1v) is 6.52. The molecule has 14 heavy (non-hydrogen) atoms. The molecular formula is C13H17Br. The van der Waals surface area contributed by atoms with Crippen molar-refractivity contribution in [3.63, 3.8) is 0 Å². The highest BCUT2D eigenvalue weighted by Gasteiger charge is 2.24. The smallest absolute Gasteiger partial charge is 0.0283 e. The molecule has 1 aromatic carbocycles. The molecule has 0 N–H and O–H groups in total. The van der Waals surface area contributed by atoms with E-state index in [4.69, 9.17) is 0 Å². The number of benzene rings is 1. The van der Waals surface area contributed by atoms with Crippen molar-refractivity contribution in [2.75, 3.05) is 0 Å². The Morgan fingerprint density at radius 1 is 1.29 bits per heavy atom. The van der Waals surface area contributed by atoms with E-state index in [2.05, 4.69) is 48.0 Å². The summed E-state index contributed by atoms with van der Waals surface area (Å²) in [4.78, 5) is 0. The van der Waals surface area contributed by atoms with Gasteiger partial charge in [-0.15, -0.1) is 0 Å². The van der Waals surface area contributed by atoms with Crippen LogP contribution < -0.4 is 0 Å². The Morgan fingerprint density at radius 2 is 2.00 bits per heavy atom. The average molecular weight is 253 g/mol. The van der Waals surface area contributed by atoms with E-state index < -0.39 is 0 Å². The molecule has 1 fully saturated rings. The monoisotopic (exact) mass is 252 g/mol. The van der Waals surface area contributed by atoms with Crippen LogP contribution in [0, 0.1) is 0 Å². The number of hydrogen-bond donors (Lipinski definition) is 0. The molecule has 1 aromatic rings. The molecule has 0 unspecified atom stereocenters. The lowest BCUT2D eigenvalue weighted by Gasteiger charge is -2.10. The minimum atomic E-state index is 0.645. The fourth-order valence-corrected chi connectivity index (χ4v) is 2.13. The maximum absolute atomic E-state index is 3.54. The zero-order valence-electron chi connectivity index (χ0n) is 8.89. The lowest BCUT2D eigenvalue weighted by atomic mass is 9.96. The molecule has 2 rings (SSSR count). The van der Waals surface area contributed by atoms with E-state index in [-0.39, 0.29) is 0 Å². The van der Waals surface area contributed by atoms with Gasteiger partial charge in [-0.05, 0) is 41.4 Å². The summed E-state index contributed by atoms with van der Waals surface area (Å²) in [7, 11) is 0. The fourth-order valence-electron chi connectivity index (χ4n) is 1.81. The Kier molecular flexibility index (Phi) is 2.96. The third kappa shape index (κ3) is 2.20. The first-order valence-electron chi connectivity index (χ1n) is 5.40. The summed E-state index contributed by atoms with van der Waals surface area (Å²) in [6.07, 6.45) is 2.78. The van der Waals surface area contributed by atoms with Crippen molar-refractivity contribution in [3.8, 4) is 0 Å². The largest absolute Gasteiger partial charge is 0.0876 e. The number of hydrogen-bond acceptors (Lipinski definition) is 0. The molecule has 0 aromatic heterocycles. The zero-order valence-corrected chi connectivity index (χ0v) is 10.5. The van der Waals surface area contributed by atoms with Gasteiger partial charge in [0, 0.05) is 5.33 Å². The molecule has 0 aliphatic heterocycles. The van der Waals surface area contributed by atoms with Crippen molar-refractivity contribution < 1.29 is 0 Å². The van der Waals surface area contributed by atoms with Crippen molar-refractivity contribution in [2.24, 2.45) is 0 Å². The van der Waals surface area contributed by atoms with Gasteiger partial charge in [0.05, 0.1) is 0 Å². The zero-order chi connectivity index (χ0) is 10.1. The van der Waals surface area contributed by atoms with E-state index in [0.29, 0.717) is 5.92 Å². The van der Waals surface area contributed by atoms with Crippen LogP contribution in [0.25, 0.3) is 0 Å². The average Bonchev–Trinajstić information content (AvgIpc) is 3.00. The summed E-state index contributed by atoms with van der Waals surface area (Å²) in [5.74, 6) is 1.51. The molecule has 0 radical (unpaired) electrons. The number of alkyl halides is 1. The standard InChI is InChI=1S/C13H17Br/c1-9(2)12-5-10(8-14)6-13(7-12)11-3-4-11/h5-7,9,11H,3-4,8H2,1-2H3. The minimum absolute atomic E-state index is 0.645.